The van der Waals surface area contributed by atoms with Gasteiger partial charge in [0.15, 0.2) is 0 Å². The Balaban J connectivity index is 1.50. The summed E-state index contributed by atoms with van der Waals surface area (Å²) in [5.74, 6) is 0.347. The van der Waals surface area contributed by atoms with E-state index >= 15 is 0 Å². The van der Waals surface area contributed by atoms with Crippen LogP contribution in [0.15, 0.2) is 12.1 Å². The van der Waals surface area contributed by atoms with E-state index in [2.05, 4.69) is 10.6 Å². The molecule has 2 aliphatic carbocycles. The summed E-state index contributed by atoms with van der Waals surface area (Å²) in [7, 11) is 1.53. The van der Waals surface area contributed by atoms with Crippen LogP contribution >= 0.6 is 11.6 Å². The van der Waals surface area contributed by atoms with Gasteiger partial charge in [-0.3, -0.25) is 9.69 Å². The quantitative estimate of drug-likeness (QED) is 0.629. The van der Waals surface area contributed by atoms with Crippen molar-refractivity contribution in [2.75, 3.05) is 25.5 Å². The molecule has 2 aliphatic rings. The van der Waals surface area contributed by atoms with E-state index in [9.17, 15) is 9.59 Å². The molecule has 0 radical (unpaired) electrons. The van der Waals surface area contributed by atoms with Crippen molar-refractivity contribution in [3.05, 3.63) is 22.7 Å². The molecule has 2 saturated carbocycles. The minimum Gasteiger partial charge on any atom is -0.495 e. The zero-order valence-corrected chi connectivity index (χ0v) is 16.4. The van der Waals surface area contributed by atoms with Gasteiger partial charge in [-0.15, -0.1) is 0 Å². The summed E-state index contributed by atoms with van der Waals surface area (Å²) >= 11 is 6.08. The molecule has 0 saturated heterocycles. The van der Waals surface area contributed by atoms with Gasteiger partial charge < -0.3 is 20.5 Å². The Morgan fingerprint density at radius 2 is 2.04 bits per heavy atom. The van der Waals surface area contributed by atoms with Crippen molar-refractivity contribution in [3.63, 3.8) is 0 Å². The van der Waals surface area contributed by atoms with Crippen LogP contribution in [0.3, 0.4) is 0 Å². The summed E-state index contributed by atoms with van der Waals surface area (Å²) in [6.45, 7) is 2.77. The van der Waals surface area contributed by atoms with Crippen molar-refractivity contribution in [2.45, 2.75) is 44.7 Å². The predicted octanol–water partition coefficient (Wildman–Crippen LogP) is 3.11. The van der Waals surface area contributed by atoms with E-state index in [-0.39, 0.29) is 24.7 Å². The molecule has 0 heterocycles. The fourth-order valence-electron chi connectivity index (χ4n) is 3.43. The second-order valence-electron chi connectivity index (χ2n) is 7.49. The Hall–Kier alpha value is -1.99. The van der Waals surface area contributed by atoms with Crippen molar-refractivity contribution in [3.8, 4) is 5.75 Å². The third-order valence-corrected chi connectivity index (χ3v) is 5.63. The molecule has 0 aromatic heterocycles. The summed E-state index contributed by atoms with van der Waals surface area (Å²) in [6.07, 6.45) is 3.92. The first-order valence-electron chi connectivity index (χ1n) is 9.23. The molecule has 0 atom stereocenters. The number of amides is 2. The second-order valence-corrected chi connectivity index (χ2v) is 7.90. The number of carbonyl (C=O) groups excluding carboxylic acids is 1. The number of carbonyl (C=O) groups is 2. The summed E-state index contributed by atoms with van der Waals surface area (Å²) in [5, 5.41) is 15.4. The van der Waals surface area contributed by atoms with Gasteiger partial charge >= 0.3 is 12.0 Å². The summed E-state index contributed by atoms with van der Waals surface area (Å²) in [5.41, 5.74) is 1.41. The highest BCUT2D eigenvalue weighted by Crippen LogP contribution is 2.34. The van der Waals surface area contributed by atoms with Crippen molar-refractivity contribution in [1.29, 1.82) is 0 Å². The molecule has 0 spiro atoms. The maximum atomic E-state index is 12.3. The number of nitrogens with one attached hydrogen (secondary N) is 2. The van der Waals surface area contributed by atoms with E-state index in [1.165, 1.54) is 20.0 Å². The number of hydrogen-bond donors (Lipinski definition) is 3. The number of urea groups is 1. The maximum Gasteiger partial charge on any atom is 0.319 e. The van der Waals surface area contributed by atoms with Crippen LogP contribution < -0.4 is 15.4 Å². The van der Waals surface area contributed by atoms with Crippen molar-refractivity contribution < 1.29 is 19.4 Å². The van der Waals surface area contributed by atoms with Gasteiger partial charge in [0.1, 0.15) is 5.75 Å². The lowest BCUT2D eigenvalue weighted by molar-refractivity contribution is -0.139. The van der Waals surface area contributed by atoms with Crippen molar-refractivity contribution >= 4 is 29.3 Å². The Bertz CT molecular complexity index is 717. The summed E-state index contributed by atoms with van der Waals surface area (Å²) < 4.78 is 5.27. The van der Waals surface area contributed by atoms with Crippen LogP contribution in [-0.2, 0) is 4.79 Å². The van der Waals surface area contributed by atoms with Gasteiger partial charge in [-0.05, 0) is 50.2 Å². The first-order chi connectivity index (χ1) is 12.9. The topological polar surface area (TPSA) is 90.9 Å². The van der Waals surface area contributed by atoms with E-state index in [0.717, 1.165) is 24.9 Å². The molecule has 0 bridgehead atoms. The van der Waals surface area contributed by atoms with Gasteiger partial charge in [0.05, 0.1) is 19.3 Å². The van der Waals surface area contributed by atoms with E-state index in [1.807, 2.05) is 11.8 Å². The van der Waals surface area contributed by atoms with Crippen LogP contribution in [0, 0.1) is 12.8 Å². The summed E-state index contributed by atoms with van der Waals surface area (Å²) in [4.78, 5) is 25.4. The lowest BCUT2D eigenvalue weighted by Crippen LogP contribution is -2.55. The highest BCUT2D eigenvalue weighted by atomic mass is 35.5. The number of nitrogens with zero attached hydrogens (tertiary/aromatic N) is 1. The minimum absolute atomic E-state index is 0.0462. The van der Waals surface area contributed by atoms with Crippen LogP contribution in [-0.4, -0.2) is 54.3 Å². The van der Waals surface area contributed by atoms with Crippen LogP contribution in [0.1, 0.15) is 31.2 Å². The lowest BCUT2D eigenvalue weighted by Gasteiger charge is -2.42. The highest BCUT2D eigenvalue weighted by Gasteiger charge is 2.37. The Morgan fingerprint density at radius 1 is 1.33 bits per heavy atom. The summed E-state index contributed by atoms with van der Waals surface area (Å²) in [6, 6.07) is 3.41. The third-order valence-electron chi connectivity index (χ3n) is 5.22. The molecule has 0 aliphatic heterocycles. The number of aliphatic carboxylic acids is 1. The molecule has 7 nitrogen and oxygen atoms in total. The number of carboxylic acids is 1. The van der Waals surface area contributed by atoms with Crippen LogP contribution in [0.2, 0.25) is 5.02 Å². The SMILES string of the molecule is COc1cc(Cl)c(C)cc1NC(=O)NC1CC(N(CC(=O)O)CC2CC2)C1. The molecule has 3 N–H and O–H groups in total. The number of carboxylic acid groups (broad SMARTS) is 1. The van der Waals surface area contributed by atoms with Gasteiger partial charge in [0.2, 0.25) is 0 Å². The number of hydrogen-bond acceptors (Lipinski definition) is 4. The van der Waals surface area contributed by atoms with Crippen LogP contribution in [0.25, 0.3) is 0 Å². The predicted molar refractivity (Wildman–Crippen MR) is 104 cm³/mol. The van der Waals surface area contributed by atoms with E-state index < -0.39 is 5.97 Å². The van der Waals surface area contributed by atoms with Gasteiger partial charge in [0.25, 0.3) is 0 Å². The molecule has 3 rings (SSSR count). The number of aryl methyl sites for hydroxylation is 1. The molecule has 27 heavy (non-hydrogen) atoms. The Labute approximate surface area is 164 Å². The van der Waals surface area contributed by atoms with Gasteiger partial charge in [-0.1, -0.05) is 11.6 Å². The van der Waals surface area contributed by atoms with Gasteiger partial charge in [-0.2, -0.15) is 0 Å². The third kappa shape index (κ3) is 5.26. The number of methoxy groups -OCH3 is 1. The molecule has 2 fully saturated rings. The molecule has 8 heteroatoms. The average Bonchev–Trinajstić information content (AvgIpc) is 3.36. The van der Waals surface area contributed by atoms with Gasteiger partial charge in [0, 0.05) is 29.7 Å². The molecule has 2 amide bonds. The molecule has 1 aromatic rings. The van der Waals surface area contributed by atoms with Crippen molar-refractivity contribution in [2.24, 2.45) is 5.92 Å². The number of rotatable bonds is 8. The monoisotopic (exact) mass is 395 g/mol. The van der Waals surface area contributed by atoms with Crippen molar-refractivity contribution in [1.82, 2.24) is 10.2 Å². The first-order valence-corrected chi connectivity index (χ1v) is 9.61. The number of anilines is 1. The van der Waals surface area contributed by atoms with Crippen LogP contribution in [0.5, 0.6) is 5.75 Å². The zero-order valence-electron chi connectivity index (χ0n) is 15.6. The van der Waals surface area contributed by atoms with Gasteiger partial charge in [-0.25, -0.2) is 4.79 Å². The Morgan fingerprint density at radius 3 is 2.63 bits per heavy atom. The number of benzene rings is 1. The number of halogens is 1. The van der Waals surface area contributed by atoms with E-state index in [1.54, 1.807) is 12.1 Å². The maximum absolute atomic E-state index is 12.3. The Kier molecular flexibility index (Phi) is 6.11. The molecule has 0 unspecified atom stereocenters. The second kappa shape index (κ2) is 8.35. The largest absolute Gasteiger partial charge is 0.495 e. The van der Waals surface area contributed by atoms with Crippen LogP contribution in [0.4, 0.5) is 10.5 Å². The van der Waals surface area contributed by atoms with E-state index in [4.69, 9.17) is 21.4 Å². The zero-order chi connectivity index (χ0) is 19.6. The molecular weight excluding hydrogens is 370 g/mol. The average molecular weight is 396 g/mol. The molecular formula is C19H26ClN3O4. The standard InChI is InChI=1S/C19H26ClN3O4/c1-11-5-16(17(27-2)8-15(11)20)22-19(26)21-13-6-14(7-13)23(10-18(24)25)9-12-3-4-12/h5,8,12-14H,3-4,6-7,9-10H2,1-2H3,(H,24,25)(H2,21,22,26). The van der Waals surface area contributed by atoms with E-state index in [0.29, 0.717) is 22.4 Å². The smallest absolute Gasteiger partial charge is 0.319 e. The fourth-order valence-corrected chi connectivity index (χ4v) is 3.58. The lowest BCUT2D eigenvalue weighted by atomic mass is 9.85. The number of ether oxygens (including phenoxy) is 1. The molecule has 1 aromatic carbocycles. The minimum atomic E-state index is -0.796. The first kappa shape index (κ1) is 19.8. The fraction of sp³-hybridized carbons (Fsp3) is 0.579. The normalized spacial score (nSPS) is 21.5. The molecule has 148 valence electrons. The highest BCUT2D eigenvalue weighted by molar-refractivity contribution is 6.31.